The van der Waals surface area contributed by atoms with Crippen LogP contribution in [-0.4, -0.2) is 72.4 Å². The number of fused-ring (bicyclic) bond motifs is 1. The van der Waals surface area contributed by atoms with Gasteiger partial charge in [-0.2, -0.15) is 17.7 Å². The summed E-state index contributed by atoms with van der Waals surface area (Å²) in [6.45, 7) is 2.53. The summed E-state index contributed by atoms with van der Waals surface area (Å²) in [5.74, 6) is -3.08. The number of aliphatic carboxylic acids is 1. The predicted octanol–water partition coefficient (Wildman–Crippen LogP) is 4.32. The number of nitrogen functional groups attached to an aromatic ring is 1. The molecule has 43 heavy (non-hydrogen) atoms. The Balaban J connectivity index is 0.000000646. The van der Waals surface area contributed by atoms with E-state index in [9.17, 15) is 28.1 Å². The number of pyridine rings is 1. The van der Waals surface area contributed by atoms with E-state index in [0.717, 1.165) is 0 Å². The third-order valence-electron chi connectivity index (χ3n) is 5.05. The topological polar surface area (TPSA) is 213 Å². The Morgan fingerprint density at radius 3 is 2.37 bits per heavy atom. The maximum Gasteiger partial charge on any atom is 0.490 e. The standard InChI is InChI=1S/C21H19Cl2N9O4.C2HF3O2/c1-2-36-20(33)19-29-17-10-14(12-4-3-11(22)9-13(12)23)27-21(31(17)30-19)26-8-7-25-16-6-5-15(32(34)35)18(24)28-16;3-2(4,5)1(6)7/h3-6,9-10H,2,7-8H2,1H3,(H,26,27)(H3,24,25,28);(H,6,7). The van der Waals surface area contributed by atoms with Crippen LogP contribution in [-0.2, 0) is 9.53 Å². The van der Waals surface area contributed by atoms with Crippen LogP contribution in [0.4, 0.5) is 36.4 Å². The molecule has 3 aromatic heterocycles. The average molecular weight is 646 g/mol. The molecule has 5 N–H and O–H groups in total. The SMILES string of the molecule is CCOC(=O)c1nc2cc(-c3ccc(Cl)cc3Cl)nc(NCCNc3ccc([N+](=O)[O-])c(N)n3)n2n1.O=C(O)C(F)(F)F. The predicted molar refractivity (Wildman–Crippen MR) is 148 cm³/mol. The number of carbonyl (C=O) groups is 2. The Morgan fingerprint density at radius 2 is 1.79 bits per heavy atom. The van der Waals surface area contributed by atoms with Crippen LogP contribution >= 0.6 is 23.2 Å². The van der Waals surface area contributed by atoms with Crippen molar-refractivity contribution >= 4 is 64.1 Å². The Bertz CT molecular complexity index is 1670. The van der Waals surface area contributed by atoms with Gasteiger partial charge < -0.3 is 26.2 Å². The van der Waals surface area contributed by atoms with E-state index in [0.29, 0.717) is 45.9 Å². The van der Waals surface area contributed by atoms with Crippen LogP contribution in [0.15, 0.2) is 36.4 Å². The number of esters is 1. The minimum atomic E-state index is -5.08. The van der Waals surface area contributed by atoms with Crippen molar-refractivity contribution in [2.24, 2.45) is 0 Å². The van der Waals surface area contributed by atoms with Gasteiger partial charge >= 0.3 is 23.8 Å². The van der Waals surface area contributed by atoms with Crippen molar-refractivity contribution in [2.45, 2.75) is 13.1 Å². The number of benzene rings is 1. The molecule has 0 amide bonds. The Morgan fingerprint density at radius 1 is 1.12 bits per heavy atom. The number of anilines is 3. The molecule has 15 nitrogen and oxygen atoms in total. The number of hydrogen-bond acceptors (Lipinski definition) is 12. The number of carbonyl (C=O) groups excluding carboxylic acids is 1. The third kappa shape index (κ3) is 8.52. The number of rotatable bonds is 9. The van der Waals surface area contributed by atoms with Gasteiger partial charge in [-0.05, 0) is 31.2 Å². The van der Waals surface area contributed by atoms with E-state index in [-0.39, 0.29) is 29.9 Å². The molecule has 0 unspecified atom stereocenters. The van der Waals surface area contributed by atoms with Gasteiger partial charge in [-0.3, -0.25) is 10.1 Å². The number of alkyl halides is 3. The summed E-state index contributed by atoms with van der Waals surface area (Å²) in [7, 11) is 0. The Labute approximate surface area is 248 Å². The van der Waals surface area contributed by atoms with Gasteiger partial charge in [0.1, 0.15) is 5.82 Å². The number of halogens is 5. The van der Waals surface area contributed by atoms with Crippen molar-refractivity contribution < 1.29 is 37.5 Å². The van der Waals surface area contributed by atoms with Crippen molar-refractivity contribution in [3.63, 3.8) is 0 Å². The summed E-state index contributed by atoms with van der Waals surface area (Å²) in [4.78, 5) is 44.2. The van der Waals surface area contributed by atoms with Crippen molar-refractivity contribution in [1.82, 2.24) is 24.6 Å². The van der Waals surface area contributed by atoms with E-state index in [1.54, 1.807) is 31.2 Å². The highest BCUT2D eigenvalue weighted by atomic mass is 35.5. The lowest BCUT2D eigenvalue weighted by atomic mass is 10.1. The molecular weight excluding hydrogens is 626 g/mol. The monoisotopic (exact) mass is 645 g/mol. The number of aromatic nitrogens is 5. The molecule has 4 rings (SSSR count). The molecule has 0 atom stereocenters. The quantitative estimate of drug-likeness (QED) is 0.0865. The first-order valence-electron chi connectivity index (χ1n) is 11.8. The Hall–Kier alpha value is -4.97. The van der Waals surface area contributed by atoms with Gasteiger partial charge in [0.25, 0.3) is 5.82 Å². The van der Waals surface area contributed by atoms with Gasteiger partial charge in [0.2, 0.25) is 11.8 Å². The van der Waals surface area contributed by atoms with Crippen LogP contribution in [0.25, 0.3) is 16.9 Å². The summed E-state index contributed by atoms with van der Waals surface area (Å²) in [6.07, 6.45) is -5.08. The first-order chi connectivity index (χ1) is 20.2. The largest absolute Gasteiger partial charge is 0.490 e. The lowest BCUT2D eigenvalue weighted by Crippen LogP contribution is -2.21. The van der Waals surface area contributed by atoms with Crippen molar-refractivity contribution in [1.29, 1.82) is 0 Å². The molecule has 0 aliphatic rings. The zero-order valence-corrected chi connectivity index (χ0v) is 23.2. The normalized spacial score (nSPS) is 10.9. The molecule has 0 spiro atoms. The van der Waals surface area contributed by atoms with Gasteiger partial charge in [-0.1, -0.05) is 23.2 Å². The number of nitrogens with zero attached hydrogens (tertiary/aromatic N) is 6. The number of carboxylic acids is 1. The summed E-state index contributed by atoms with van der Waals surface area (Å²) in [5.41, 5.74) is 6.78. The molecular formula is C23H20Cl2F3N9O6. The zero-order chi connectivity index (χ0) is 31.9. The lowest BCUT2D eigenvalue weighted by Gasteiger charge is -2.11. The van der Waals surface area contributed by atoms with Crippen LogP contribution in [0.3, 0.4) is 0 Å². The fourth-order valence-electron chi connectivity index (χ4n) is 3.21. The molecule has 0 radical (unpaired) electrons. The fourth-order valence-corrected chi connectivity index (χ4v) is 3.71. The van der Waals surface area contributed by atoms with Gasteiger partial charge in [-0.15, -0.1) is 5.10 Å². The minimum absolute atomic E-state index is 0.121. The van der Waals surface area contributed by atoms with Crippen LogP contribution in [0.1, 0.15) is 17.5 Å². The van der Waals surface area contributed by atoms with E-state index in [2.05, 4.69) is 30.7 Å². The van der Waals surface area contributed by atoms with Crippen LogP contribution < -0.4 is 16.4 Å². The van der Waals surface area contributed by atoms with Gasteiger partial charge in [0, 0.05) is 35.8 Å². The Kier molecular flexibility index (Phi) is 10.4. The average Bonchev–Trinajstić information content (AvgIpc) is 3.35. The molecule has 0 fully saturated rings. The number of ether oxygens (including phenoxy) is 1. The molecule has 0 aliphatic heterocycles. The highest BCUT2D eigenvalue weighted by Gasteiger charge is 2.38. The molecule has 228 valence electrons. The number of nitrogens with one attached hydrogen (secondary N) is 2. The molecule has 1 aromatic carbocycles. The number of carboxylic acid groups (broad SMARTS) is 1. The third-order valence-corrected chi connectivity index (χ3v) is 5.59. The van der Waals surface area contributed by atoms with E-state index in [4.69, 9.17) is 43.6 Å². The summed E-state index contributed by atoms with van der Waals surface area (Å²) >= 11 is 12.4. The summed E-state index contributed by atoms with van der Waals surface area (Å²) < 4.78 is 38.1. The molecule has 20 heteroatoms. The minimum Gasteiger partial charge on any atom is -0.475 e. The fraction of sp³-hybridized carbons (Fsp3) is 0.217. The first-order valence-corrected chi connectivity index (χ1v) is 12.6. The second kappa shape index (κ2) is 13.8. The number of hydrogen-bond donors (Lipinski definition) is 4. The molecule has 0 saturated heterocycles. The molecule has 3 heterocycles. The molecule has 0 aliphatic carbocycles. The maximum absolute atomic E-state index is 12.2. The number of nitro groups is 1. The van der Waals surface area contributed by atoms with E-state index in [1.165, 1.54) is 16.6 Å². The van der Waals surface area contributed by atoms with Gasteiger partial charge in [-0.25, -0.2) is 24.5 Å². The smallest absolute Gasteiger partial charge is 0.475 e. The van der Waals surface area contributed by atoms with Crippen LogP contribution in [0, 0.1) is 10.1 Å². The van der Waals surface area contributed by atoms with Crippen LogP contribution in [0.5, 0.6) is 0 Å². The maximum atomic E-state index is 12.2. The highest BCUT2D eigenvalue weighted by Crippen LogP contribution is 2.30. The van der Waals surface area contributed by atoms with E-state index < -0.39 is 23.0 Å². The number of nitrogens with two attached hydrogens (primary N) is 1. The van der Waals surface area contributed by atoms with Crippen molar-refractivity contribution in [3.05, 3.63) is 62.4 Å². The summed E-state index contributed by atoms with van der Waals surface area (Å²) in [5, 5.41) is 29.2. The lowest BCUT2D eigenvalue weighted by molar-refractivity contribution is -0.384. The van der Waals surface area contributed by atoms with E-state index >= 15 is 0 Å². The molecule has 4 aromatic rings. The van der Waals surface area contributed by atoms with Gasteiger partial charge in [0.05, 0.1) is 22.2 Å². The van der Waals surface area contributed by atoms with Crippen molar-refractivity contribution in [2.75, 3.05) is 36.1 Å². The van der Waals surface area contributed by atoms with E-state index in [1.807, 2.05) is 0 Å². The molecule has 0 saturated carbocycles. The van der Waals surface area contributed by atoms with Crippen molar-refractivity contribution in [3.8, 4) is 11.3 Å². The second-order valence-electron chi connectivity index (χ2n) is 8.03. The summed E-state index contributed by atoms with van der Waals surface area (Å²) in [6, 6.07) is 9.37. The van der Waals surface area contributed by atoms with Crippen LogP contribution in [0.2, 0.25) is 10.0 Å². The first kappa shape index (κ1) is 32.5. The second-order valence-corrected chi connectivity index (χ2v) is 8.87. The van der Waals surface area contributed by atoms with Gasteiger partial charge in [0.15, 0.2) is 5.65 Å². The molecule has 0 bridgehead atoms. The highest BCUT2D eigenvalue weighted by molar-refractivity contribution is 6.36. The zero-order valence-electron chi connectivity index (χ0n) is 21.7.